The molecule has 15 heavy (non-hydrogen) atoms. The maximum atomic E-state index is 12.1. The van der Waals surface area contributed by atoms with Crippen molar-refractivity contribution in [3.63, 3.8) is 0 Å². The first-order chi connectivity index (χ1) is 7.16. The zero-order valence-corrected chi connectivity index (χ0v) is 9.68. The van der Waals surface area contributed by atoms with Crippen LogP contribution >= 0.6 is 22.9 Å². The molecule has 0 bridgehead atoms. The van der Waals surface area contributed by atoms with Gasteiger partial charge in [0.1, 0.15) is 0 Å². The van der Waals surface area contributed by atoms with Crippen LogP contribution in [0.3, 0.4) is 0 Å². The van der Waals surface area contributed by atoms with E-state index in [0.717, 1.165) is 29.2 Å². The second-order valence-corrected chi connectivity index (χ2v) is 5.44. The topological polar surface area (TPSA) is 12.0 Å². The first kappa shape index (κ1) is 11.3. The first-order valence-corrected chi connectivity index (χ1v) is 6.16. The summed E-state index contributed by atoms with van der Waals surface area (Å²) >= 11 is 7.49. The fraction of sp³-hybridized carbons (Fsp3) is 0.600. The molecule has 0 spiro atoms. The standard InChI is InChI=1S/C10H12ClF2NS/c11-9-4-6-7(14-5-10(12)13)2-1-3-8(6)15-9/h4,7,10,14H,1-3,5H2. The summed E-state index contributed by atoms with van der Waals surface area (Å²) in [6.07, 6.45) is 0.710. The number of hydrogen-bond donors (Lipinski definition) is 1. The molecule has 1 aromatic rings. The SMILES string of the molecule is FC(F)CNC1CCCc2sc(Cl)cc21. The molecule has 1 unspecified atom stereocenters. The molecular formula is C10H12ClF2NS. The van der Waals surface area contributed by atoms with Crippen molar-refractivity contribution in [3.8, 4) is 0 Å². The second-order valence-electron chi connectivity index (χ2n) is 3.67. The second kappa shape index (κ2) is 4.76. The van der Waals surface area contributed by atoms with E-state index in [0.29, 0.717) is 0 Å². The molecule has 0 aliphatic heterocycles. The molecule has 1 aliphatic rings. The highest BCUT2D eigenvalue weighted by Gasteiger charge is 2.22. The lowest BCUT2D eigenvalue weighted by atomic mass is 9.94. The molecule has 1 N–H and O–H groups in total. The van der Waals surface area contributed by atoms with E-state index in [1.807, 2.05) is 6.07 Å². The number of nitrogens with one attached hydrogen (secondary N) is 1. The van der Waals surface area contributed by atoms with Gasteiger partial charge < -0.3 is 5.32 Å². The van der Waals surface area contributed by atoms with Crippen LogP contribution in [0, 0.1) is 0 Å². The Morgan fingerprint density at radius 2 is 2.40 bits per heavy atom. The monoisotopic (exact) mass is 251 g/mol. The minimum Gasteiger partial charge on any atom is -0.304 e. The van der Waals surface area contributed by atoms with Crippen LogP contribution in [0.4, 0.5) is 8.78 Å². The van der Waals surface area contributed by atoms with E-state index < -0.39 is 6.43 Å². The highest BCUT2D eigenvalue weighted by Crippen LogP contribution is 2.37. The Kier molecular flexibility index (Phi) is 3.59. The molecule has 0 aromatic carbocycles. The Morgan fingerprint density at radius 1 is 1.60 bits per heavy atom. The smallest absolute Gasteiger partial charge is 0.250 e. The van der Waals surface area contributed by atoms with Crippen LogP contribution in [-0.2, 0) is 6.42 Å². The third kappa shape index (κ3) is 2.68. The van der Waals surface area contributed by atoms with Crippen LogP contribution in [0.1, 0.15) is 29.3 Å². The maximum absolute atomic E-state index is 12.1. The van der Waals surface area contributed by atoms with E-state index in [-0.39, 0.29) is 12.6 Å². The summed E-state index contributed by atoms with van der Waals surface area (Å²) in [5, 5.41) is 2.89. The van der Waals surface area contributed by atoms with Crippen molar-refractivity contribution < 1.29 is 8.78 Å². The Morgan fingerprint density at radius 3 is 3.13 bits per heavy atom. The van der Waals surface area contributed by atoms with Crippen LogP contribution in [0.15, 0.2) is 6.07 Å². The van der Waals surface area contributed by atoms with E-state index in [9.17, 15) is 8.78 Å². The molecular weight excluding hydrogens is 240 g/mol. The lowest BCUT2D eigenvalue weighted by molar-refractivity contribution is 0.140. The summed E-state index contributed by atoms with van der Waals surface area (Å²) in [7, 11) is 0. The molecule has 0 amide bonds. The predicted octanol–water partition coefficient (Wildman–Crippen LogP) is 3.63. The zero-order chi connectivity index (χ0) is 10.8. The third-order valence-corrected chi connectivity index (χ3v) is 3.94. The van der Waals surface area contributed by atoms with Gasteiger partial charge in [-0.2, -0.15) is 0 Å². The molecule has 1 heterocycles. The van der Waals surface area contributed by atoms with Crippen molar-refractivity contribution in [3.05, 3.63) is 20.8 Å². The summed E-state index contributed by atoms with van der Waals surface area (Å²) in [6, 6.07) is 1.97. The minimum atomic E-state index is -2.29. The van der Waals surface area contributed by atoms with Crippen LogP contribution in [-0.4, -0.2) is 13.0 Å². The first-order valence-electron chi connectivity index (χ1n) is 4.96. The third-order valence-electron chi connectivity index (χ3n) is 2.60. The van der Waals surface area contributed by atoms with Gasteiger partial charge >= 0.3 is 0 Å². The fourth-order valence-electron chi connectivity index (χ4n) is 1.96. The molecule has 1 aliphatic carbocycles. The summed E-state index contributed by atoms with van der Waals surface area (Å²) < 4.78 is 24.9. The van der Waals surface area contributed by atoms with Crippen LogP contribution in [0.2, 0.25) is 4.34 Å². The molecule has 0 radical (unpaired) electrons. The van der Waals surface area contributed by atoms with Gasteiger partial charge in [-0.15, -0.1) is 11.3 Å². The molecule has 1 atom stereocenters. The molecule has 1 nitrogen and oxygen atoms in total. The molecule has 0 saturated heterocycles. The van der Waals surface area contributed by atoms with Gasteiger partial charge in [0, 0.05) is 10.9 Å². The largest absolute Gasteiger partial charge is 0.304 e. The number of halogens is 3. The average Bonchev–Trinajstić information content (AvgIpc) is 2.55. The Bertz CT molecular complexity index is 340. The molecule has 5 heteroatoms. The number of hydrogen-bond acceptors (Lipinski definition) is 2. The van der Waals surface area contributed by atoms with E-state index in [2.05, 4.69) is 5.32 Å². The highest BCUT2D eigenvalue weighted by molar-refractivity contribution is 7.16. The lowest BCUT2D eigenvalue weighted by Crippen LogP contribution is -2.28. The molecule has 2 rings (SSSR count). The molecule has 1 aromatic heterocycles. The van der Waals surface area contributed by atoms with Gasteiger partial charge in [0.05, 0.1) is 10.9 Å². The number of alkyl halides is 2. The number of rotatable bonds is 3. The Labute approximate surface area is 96.4 Å². The molecule has 84 valence electrons. The normalized spacial score (nSPS) is 20.7. The van der Waals surface area contributed by atoms with Gasteiger partial charge in [-0.05, 0) is 30.9 Å². The van der Waals surface area contributed by atoms with Crippen molar-refractivity contribution in [2.75, 3.05) is 6.54 Å². The number of thiophene rings is 1. The Balaban J connectivity index is 2.08. The van der Waals surface area contributed by atoms with Gasteiger partial charge in [-0.1, -0.05) is 11.6 Å². The summed E-state index contributed by atoms with van der Waals surface area (Å²) in [4.78, 5) is 1.25. The fourth-order valence-corrected chi connectivity index (χ4v) is 3.35. The number of fused-ring (bicyclic) bond motifs is 1. The minimum absolute atomic E-state index is 0.0616. The average molecular weight is 252 g/mol. The predicted molar refractivity (Wildman–Crippen MR) is 59.0 cm³/mol. The van der Waals surface area contributed by atoms with Crippen LogP contribution in [0.5, 0.6) is 0 Å². The highest BCUT2D eigenvalue weighted by atomic mass is 35.5. The molecule has 0 fully saturated rings. The number of aryl methyl sites for hydroxylation is 1. The van der Waals surface area contributed by atoms with Crippen molar-refractivity contribution in [2.24, 2.45) is 0 Å². The lowest BCUT2D eigenvalue weighted by Gasteiger charge is -2.23. The molecule has 0 saturated carbocycles. The Hall–Kier alpha value is -0.190. The van der Waals surface area contributed by atoms with Crippen molar-refractivity contribution in [1.29, 1.82) is 0 Å². The zero-order valence-electron chi connectivity index (χ0n) is 8.10. The quantitative estimate of drug-likeness (QED) is 0.865. The van der Waals surface area contributed by atoms with E-state index >= 15 is 0 Å². The van der Waals surface area contributed by atoms with Gasteiger partial charge in [0.2, 0.25) is 0 Å². The van der Waals surface area contributed by atoms with E-state index in [4.69, 9.17) is 11.6 Å². The summed E-state index contributed by atoms with van der Waals surface area (Å²) in [6.45, 7) is -0.239. The van der Waals surface area contributed by atoms with Crippen LogP contribution in [0.25, 0.3) is 0 Å². The van der Waals surface area contributed by atoms with Gasteiger partial charge in [0.15, 0.2) is 0 Å². The van der Waals surface area contributed by atoms with E-state index in [1.54, 1.807) is 11.3 Å². The van der Waals surface area contributed by atoms with Gasteiger partial charge in [-0.25, -0.2) is 8.78 Å². The van der Waals surface area contributed by atoms with Gasteiger partial charge in [-0.3, -0.25) is 0 Å². The maximum Gasteiger partial charge on any atom is 0.250 e. The summed E-state index contributed by atoms with van der Waals surface area (Å²) in [5.41, 5.74) is 1.12. The van der Waals surface area contributed by atoms with Crippen molar-refractivity contribution in [2.45, 2.75) is 31.7 Å². The van der Waals surface area contributed by atoms with E-state index in [1.165, 1.54) is 4.88 Å². The van der Waals surface area contributed by atoms with Gasteiger partial charge in [0.25, 0.3) is 6.43 Å². The van der Waals surface area contributed by atoms with Crippen LogP contribution < -0.4 is 5.32 Å². The van der Waals surface area contributed by atoms with Crippen molar-refractivity contribution in [1.82, 2.24) is 5.32 Å². The van der Waals surface area contributed by atoms with Crippen molar-refractivity contribution >= 4 is 22.9 Å². The summed E-state index contributed by atoms with van der Waals surface area (Å²) in [5.74, 6) is 0.